The Labute approximate surface area is 134 Å². The first-order valence-electron chi connectivity index (χ1n) is 8.26. The van der Waals surface area contributed by atoms with Crippen molar-refractivity contribution in [2.75, 3.05) is 31.2 Å². The third-order valence-electron chi connectivity index (χ3n) is 4.63. The summed E-state index contributed by atoms with van der Waals surface area (Å²) in [6.07, 6.45) is 3.30. The lowest BCUT2D eigenvalue weighted by atomic mass is 9.79. The van der Waals surface area contributed by atoms with Gasteiger partial charge in [0, 0.05) is 25.7 Å². The predicted octanol–water partition coefficient (Wildman–Crippen LogP) is 0.917. The van der Waals surface area contributed by atoms with Crippen LogP contribution in [0, 0.1) is 5.41 Å². The van der Waals surface area contributed by atoms with E-state index in [0.717, 1.165) is 25.8 Å². The maximum absolute atomic E-state index is 11.5. The van der Waals surface area contributed by atoms with E-state index in [4.69, 9.17) is 0 Å². The van der Waals surface area contributed by atoms with Gasteiger partial charge in [0.05, 0.1) is 11.5 Å². The molecule has 0 aromatic heterocycles. The maximum Gasteiger partial charge on any atom is 0.191 e. The van der Waals surface area contributed by atoms with Gasteiger partial charge in [0.25, 0.3) is 0 Å². The minimum atomic E-state index is -2.90. The highest BCUT2D eigenvalue weighted by Gasteiger charge is 2.29. The summed E-state index contributed by atoms with van der Waals surface area (Å²) in [5, 5.41) is 15.7. The Bertz CT molecular complexity index is 459. The summed E-state index contributed by atoms with van der Waals surface area (Å²) in [7, 11) is -2.90. The fraction of sp³-hybridized carbons (Fsp3) is 0.933. The minimum Gasteiger partial charge on any atom is -0.396 e. The van der Waals surface area contributed by atoms with Crippen LogP contribution >= 0.6 is 0 Å². The van der Waals surface area contributed by atoms with Crippen molar-refractivity contribution >= 4 is 15.8 Å². The summed E-state index contributed by atoms with van der Waals surface area (Å²) in [5.41, 5.74) is 0.0128. The van der Waals surface area contributed by atoms with Gasteiger partial charge >= 0.3 is 0 Å². The first kappa shape index (κ1) is 19.2. The van der Waals surface area contributed by atoms with Crippen molar-refractivity contribution in [3.63, 3.8) is 0 Å². The van der Waals surface area contributed by atoms with Crippen LogP contribution in [0.1, 0.15) is 46.5 Å². The van der Waals surface area contributed by atoms with Gasteiger partial charge in [0.15, 0.2) is 15.8 Å². The zero-order chi connectivity index (χ0) is 16.6. The van der Waals surface area contributed by atoms with Crippen molar-refractivity contribution in [2.24, 2.45) is 10.4 Å². The second kappa shape index (κ2) is 8.72. The molecule has 0 aromatic carbocycles. The van der Waals surface area contributed by atoms with Crippen molar-refractivity contribution in [2.45, 2.75) is 52.5 Å². The predicted molar refractivity (Wildman–Crippen MR) is 90.9 cm³/mol. The average Bonchev–Trinajstić information content (AvgIpc) is 2.82. The SMILES string of the molecule is CCNC(=NCC(CC)(CC)CCO)NC1CCS(=O)(=O)C1. The molecule has 130 valence electrons. The van der Waals surface area contributed by atoms with E-state index in [-0.39, 0.29) is 29.6 Å². The molecule has 0 spiro atoms. The number of sulfone groups is 1. The zero-order valence-corrected chi connectivity index (χ0v) is 14.9. The van der Waals surface area contributed by atoms with Crippen LogP contribution in [-0.2, 0) is 9.84 Å². The summed E-state index contributed by atoms with van der Waals surface area (Å²) >= 11 is 0. The topological polar surface area (TPSA) is 90.8 Å². The van der Waals surface area contributed by atoms with Gasteiger partial charge in [-0.25, -0.2) is 8.42 Å². The molecule has 0 radical (unpaired) electrons. The quantitative estimate of drug-likeness (QED) is 0.454. The molecule has 22 heavy (non-hydrogen) atoms. The molecule has 1 aliphatic heterocycles. The number of guanidine groups is 1. The van der Waals surface area contributed by atoms with Crippen molar-refractivity contribution in [3.05, 3.63) is 0 Å². The first-order valence-corrected chi connectivity index (χ1v) is 10.1. The Morgan fingerprint density at radius 3 is 2.45 bits per heavy atom. The Morgan fingerprint density at radius 1 is 1.32 bits per heavy atom. The summed E-state index contributed by atoms with van der Waals surface area (Å²) in [6.45, 7) is 7.77. The molecule has 1 unspecified atom stereocenters. The highest BCUT2D eigenvalue weighted by Crippen LogP contribution is 2.30. The molecule has 1 saturated heterocycles. The third-order valence-corrected chi connectivity index (χ3v) is 6.40. The van der Waals surface area contributed by atoms with Crippen LogP contribution in [0.2, 0.25) is 0 Å². The van der Waals surface area contributed by atoms with Gasteiger partial charge in [-0.05, 0) is 38.0 Å². The second-order valence-electron chi connectivity index (χ2n) is 6.12. The molecule has 1 aliphatic rings. The Hall–Kier alpha value is -0.820. The van der Waals surface area contributed by atoms with Gasteiger partial charge in [-0.1, -0.05) is 13.8 Å². The Morgan fingerprint density at radius 2 is 2.00 bits per heavy atom. The van der Waals surface area contributed by atoms with Gasteiger partial charge in [-0.15, -0.1) is 0 Å². The number of nitrogens with zero attached hydrogens (tertiary/aromatic N) is 1. The lowest BCUT2D eigenvalue weighted by Gasteiger charge is -2.29. The largest absolute Gasteiger partial charge is 0.396 e. The fourth-order valence-corrected chi connectivity index (χ4v) is 4.49. The van der Waals surface area contributed by atoms with E-state index in [1.54, 1.807) is 0 Å². The number of rotatable bonds is 8. The third kappa shape index (κ3) is 5.76. The normalized spacial score (nSPS) is 21.8. The zero-order valence-electron chi connectivity index (χ0n) is 14.1. The summed E-state index contributed by atoms with van der Waals surface area (Å²) in [5.74, 6) is 1.11. The van der Waals surface area contributed by atoms with Crippen LogP contribution in [0.15, 0.2) is 4.99 Å². The molecule has 1 heterocycles. The van der Waals surface area contributed by atoms with Gasteiger partial charge in [0.1, 0.15) is 0 Å². The summed E-state index contributed by atoms with van der Waals surface area (Å²) in [6, 6.07) is -0.0571. The van der Waals surface area contributed by atoms with E-state index in [1.165, 1.54) is 0 Å². The molecule has 3 N–H and O–H groups in total. The van der Waals surface area contributed by atoms with E-state index in [0.29, 0.717) is 18.9 Å². The molecule has 1 rings (SSSR count). The molecule has 0 saturated carbocycles. The standard InChI is InChI=1S/C15H31N3O3S/c1-4-15(5-2,8-9-19)12-17-14(16-6-3)18-13-7-10-22(20,21)11-13/h13,19H,4-12H2,1-3H3,(H2,16,17,18). The van der Waals surface area contributed by atoms with Crippen molar-refractivity contribution in [3.8, 4) is 0 Å². The molecular formula is C15H31N3O3S. The van der Waals surface area contributed by atoms with Gasteiger partial charge in [-0.2, -0.15) is 0 Å². The van der Waals surface area contributed by atoms with E-state index >= 15 is 0 Å². The number of aliphatic imine (C=N–C) groups is 1. The van der Waals surface area contributed by atoms with Crippen LogP contribution in [0.4, 0.5) is 0 Å². The molecule has 0 amide bonds. The van der Waals surface area contributed by atoms with Gasteiger partial charge in [0.2, 0.25) is 0 Å². The highest BCUT2D eigenvalue weighted by molar-refractivity contribution is 7.91. The van der Waals surface area contributed by atoms with E-state index in [1.807, 2.05) is 6.92 Å². The summed E-state index contributed by atoms with van der Waals surface area (Å²) in [4.78, 5) is 4.65. The lowest BCUT2D eigenvalue weighted by Crippen LogP contribution is -2.44. The highest BCUT2D eigenvalue weighted by atomic mass is 32.2. The number of hydrogen-bond donors (Lipinski definition) is 3. The minimum absolute atomic E-state index is 0.0128. The molecule has 0 bridgehead atoms. The number of nitrogens with one attached hydrogen (secondary N) is 2. The van der Waals surface area contributed by atoms with E-state index < -0.39 is 9.84 Å². The number of aliphatic hydroxyl groups excluding tert-OH is 1. The van der Waals surface area contributed by atoms with Crippen molar-refractivity contribution in [1.29, 1.82) is 0 Å². The number of aliphatic hydroxyl groups is 1. The van der Waals surface area contributed by atoms with Crippen molar-refractivity contribution < 1.29 is 13.5 Å². The molecule has 7 heteroatoms. The molecule has 0 aliphatic carbocycles. The van der Waals surface area contributed by atoms with E-state index in [2.05, 4.69) is 29.5 Å². The van der Waals surface area contributed by atoms with Gasteiger partial charge in [-0.3, -0.25) is 4.99 Å². The Kier molecular flexibility index (Phi) is 7.62. The smallest absolute Gasteiger partial charge is 0.191 e. The molecule has 1 fully saturated rings. The van der Waals surface area contributed by atoms with Crippen LogP contribution in [-0.4, -0.2) is 56.7 Å². The van der Waals surface area contributed by atoms with Gasteiger partial charge < -0.3 is 15.7 Å². The fourth-order valence-electron chi connectivity index (χ4n) is 2.81. The molecule has 0 aromatic rings. The monoisotopic (exact) mass is 333 g/mol. The molecule has 6 nitrogen and oxygen atoms in total. The number of hydrogen-bond acceptors (Lipinski definition) is 4. The molecule has 1 atom stereocenters. The maximum atomic E-state index is 11.5. The first-order chi connectivity index (χ1) is 10.4. The average molecular weight is 333 g/mol. The van der Waals surface area contributed by atoms with E-state index in [9.17, 15) is 13.5 Å². The second-order valence-corrected chi connectivity index (χ2v) is 8.35. The van der Waals surface area contributed by atoms with Crippen LogP contribution in [0.3, 0.4) is 0 Å². The lowest BCUT2D eigenvalue weighted by molar-refractivity contribution is 0.175. The van der Waals surface area contributed by atoms with Crippen LogP contribution in [0.25, 0.3) is 0 Å². The Balaban J connectivity index is 2.72. The molecular weight excluding hydrogens is 302 g/mol. The van der Waals surface area contributed by atoms with Crippen LogP contribution in [0.5, 0.6) is 0 Å². The van der Waals surface area contributed by atoms with Crippen molar-refractivity contribution in [1.82, 2.24) is 10.6 Å². The van der Waals surface area contributed by atoms with Crippen LogP contribution < -0.4 is 10.6 Å². The summed E-state index contributed by atoms with van der Waals surface area (Å²) < 4.78 is 23.1.